The highest BCUT2D eigenvalue weighted by molar-refractivity contribution is 7.99. The Morgan fingerprint density at radius 2 is 1.25 bits per heavy atom. The van der Waals surface area contributed by atoms with Gasteiger partial charge in [0.05, 0.1) is 0 Å². The average Bonchev–Trinajstić information content (AvgIpc) is 2.47. The van der Waals surface area contributed by atoms with E-state index in [1.165, 1.54) is 62.0 Å². The Bertz CT molecular complexity index is 326. The van der Waals surface area contributed by atoms with Gasteiger partial charge < -0.3 is 5.11 Å². The van der Waals surface area contributed by atoms with Crippen molar-refractivity contribution in [2.24, 2.45) is 0 Å². The van der Waals surface area contributed by atoms with Crippen molar-refractivity contribution >= 4 is 23.4 Å². The Morgan fingerprint density at radius 3 is 1.80 bits per heavy atom. The minimum absolute atomic E-state index is 0.352. The molecule has 1 aromatic carbocycles. The Morgan fingerprint density at radius 1 is 0.750 bits per heavy atom. The van der Waals surface area contributed by atoms with Gasteiger partial charge in [0.1, 0.15) is 0 Å². The van der Waals surface area contributed by atoms with E-state index in [2.05, 4.69) is 12.1 Å². The summed E-state index contributed by atoms with van der Waals surface area (Å²) >= 11 is 7.79. The molecule has 0 aliphatic heterocycles. The number of aliphatic hydroxyl groups is 1. The molecule has 0 radical (unpaired) electrons. The van der Waals surface area contributed by atoms with Crippen LogP contribution in [0.3, 0.4) is 0 Å². The normalized spacial score (nSPS) is 10.9. The number of benzene rings is 1. The van der Waals surface area contributed by atoms with Gasteiger partial charge in [-0.15, -0.1) is 11.8 Å². The molecule has 0 bridgehead atoms. The SMILES string of the molecule is OCCCCCCCCCCCSc1ccc(Cl)cc1. The highest BCUT2D eigenvalue weighted by atomic mass is 35.5. The molecule has 1 aromatic rings. The van der Waals surface area contributed by atoms with Gasteiger partial charge in [0.2, 0.25) is 0 Å². The third kappa shape index (κ3) is 9.68. The monoisotopic (exact) mass is 314 g/mol. The van der Waals surface area contributed by atoms with Gasteiger partial charge in [0, 0.05) is 16.5 Å². The minimum Gasteiger partial charge on any atom is -0.396 e. The van der Waals surface area contributed by atoms with E-state index in [1.54, 1.807) is 0 Å². The fraction of sp³-hybridized carbons (Fsp3) is 0.647. The molecule has 0 aromatic heterocycles. The van der Waals surface area contributed by atoms with E-state index in [-0.39, 0.29) is 0 Å². The molecule has 0 aliphatic carbocycles. The van der Waals surface area contributed by atoms with Crippen LogP contribution in [0.1, 0.15) is 57.8 Å². The molecule has 0 saturated heterocycles. The van der Waals surface area contributed by atoms with Gasteiger partial charge in [-0.1, -0.05) is 56.5 Å². The Kier molecular flexibility index (Phi) is 11.2. The number of thioether (sulfide) groups is 1. The number of halogens is 1. The van der Waals surface area contributed by atoms with Crippen LogP contribution in [0.4, 0.5) is 0 Å². The first-order chi connectivity index (χ1) is 9.83. The molecule has 0 heterocycles. The fourth-order valence-corrected chi connectivity index (χ4v) is 3.21. The maximum absolute atomic E-state index is 8.68. The van der Waals surface area contributed by atoms with Crippen LogP contribution in [0.15, 0.2) is 29.2 Å². The van der Waals surface area contributed by atoms with E-state index in [0.717, 1.165) is 11.4 Å². The highest BCUT2D eigenvalue weighted by Crippen LogP contribution is 2.22. The van der Waals surface area contributed by atoms with Crippen molar-refractivity contribution in [3.63, 3.8) is 0 Å². The topological polar surface area (TPSA) is 20.2 Å². The highest BCUT2D eigenvalue weighted by Gasteiger charge is 1.96. The van der Waals surface area contributed by atoms with Gasteiger partial charge in [0.15, 0.2) is 0 Å². The zero-order valence-electron chi connectivity index (χ0n) is 12.3. The quantitative estimate of drug-likeness (QED) is 0.381. The first-order valence-corrected chi connectivity index (χ1v) is 9.18. The van der Waals surface area contributed by atoms with E-state index in [0.29, 0.717) is 6.61 Å². The summed E-state index contributed by atoms with van der Waals surface area (Å²) in [5, 5.41) is 9.49. The van der Waals surface area contributed by atoms with Gasteiger partial charge in [-0.3, -0.25) is 0 Å². The van der Waals surface area contributed by atoms with E-state index >= 15 is 0 Å². The van der Waals surface area contributed by atoms with Crippen molar-refractivity contribution in [1.82, 2.24) is 0 Å². The minimum atomic E-state index is 0.352. The van der Waals surface area contributed by atoms with Crippen molar-refractivity contribution in [1.29, 1.82) is 0 Å². The van der Waals surface area contributed by atoms with Crippen LogP contribution in [0.2, 0.25) is 5.02 Å². The standard InChI is InChI=1S/C17H27ClOS/c18-16-10-12-17(13-11-16)20-15-9-7-5-3-1-2-4-6-8-14-19/h10-13,19H,1-9,14-15H2. The predicted molar refractivity (Wildman–Crippen MR) is 90.8 cm³/mol. The summed E-state index contributed by atoms with van der Waals surface area (Å²) in [5.41, 5.74) is 0. The van der Waals surface area contributed by atoms with Crippen LogP contribution in [0.5, 0.6) is 0 Å². The van der Waals surface area contributed by atoms with Gasteiger partial charge in [-0.25, -0.2) is 0 Å². The second-order valence-corrected chi connectivity index (χ2v) is 6.81. The third-order valence-electron chi connectivity index (χ3n) is 3.38. The number of hydrogen-bond acceptors (Lipinski definition) is 2. The molecule has 0 unspecified atom stereocenters. The molecule has 114 valence electrons. The van der Waals surface area contributed by atoms with Crippen LogP contribution in [-0.2, 0) is 0 Å². The first-order valence-electron chi connectivity index (χ1n) is 7.82. The van der Waals surface area contributed by atoms with E-state index in [4.69, 9.17) is 16.7 Å². The Labute approximate surface area is 133 Å². The van der Waals surface area contributed by atoms with Crippen LogP contribution >= 0.6 is 23.4 Å². The molecule has 1 N–H and O–H groups in total. The molecule has 20 heavy (non-hydrogen) atoms. The molecule has 0 fully saturated rings. The lowest BCUT2D eigenvalue weighted by atomic mass is 10.1. The average molecular weight is 315 g/mol. The van der Waals surface area contributed by atoms with Crippen LogP contribution in [0.25, 0.3) is 0 Å². The summed E-state index contributed by atoms with van der Waals surface area (Å²) < 4.78 is 0. The summed E-state index contributed by atoms with van der Waals surface area (Å²) in [6, 6.07) is 8.11. The predicted octanol–water partition coefficient (Wildman–Crippen LogP) is 5.94. The van der Waals surface area contributed by atoms with Crippen LogP contribution < -0.4 is 0 Å². The zero-order valence-corrected chi connectivity index (χ0v) is 13.9. The molecule has 3 heteroatoms. The van der Waals surface area contributed by atoms with Gasteiger partial charge >= 0.3 is 0 Å². The van der Waals surface area contributed by atoms with Crippen molar-refractivity contribution in [2.75, 3.05) is 12.4 Å². The molecular formula is C17H27ClOS. The first kappa shape index (κ1) is 17.9. The lowest BCUT2D eigenvalue weighted by Gasteiger charge is -2.03. The van der Waals surface area contributed by atoms with Crippen molar-refractivity contribution in [3.8, 4) is 0 Å². The van der Waals surface area contributed by atoms with E-state index < -0.39 is 0 Å². The molecular weight excluding hydrogens is 288 g/mol. The molecule has 0 saturated carbocycles. The summed E-state index contributed by atoms with van der Waals surface area (Å²) in [6.45, 7) is 0.352. The van der Waals surface area contributed by atoms with Crippen molar-refractivity contribution in [2.45, 2.75) is 62.7 Å². The summed E-state index contributed by atoms with van der Waals surface area (Å²) in [6.07, 6.45) is 11.5. The van der Waals surface area contributed by atoms with Gasteiger partial charge in [0.25, 0.3) is 0 Å². The zero-order chi connectivity index (χ0) is 14.5. The molecule has 0 atom stereocenters. The lowest BCUT2D eigenvalue weighted by molar-refractivity contribution is 0.282. The summed E-state index contributed by atoms with van der Waals surface area (Å²) in [7, 11) is 0. The van der Waals surface area contributed by atoms with Crippen LogP contribution in [0, 0.1) is 0 Å². The number of rotatable bonds is 12. The fourth-order valence-electron chi connectivity index (χ4n) is 2.17. The smallest absolute Gasteiger partial charge is 0.0431 e. The summed E-state index contributed by atoms with van der Waals surface area (Å²) in [4.78, 5) is 1.32. The number of aliphatic hydroxyl groups excluding tert-OH is 1. The summed E-state index contributed by atoms with van der Waals surface area (Å²) in [5.74, 6) is 1.21. The second kappa shape index (κ2) is 12.6. The van der Waals surface area contributed by atoms with Crippen molar-refractivity contribution < 1.29 is 5.11 Å². The maximum atomic E-state index is 8.68. The third-order valence-corrected chi connectivity index (χ3v) is 4.74. The maximum Gasteiger partial charge on any atom is 0.0431 e. The number of unbranched alkanes of at least 4 members (excludes halogenated alkanes) is 8. The second-order valence-electron chi connectivity index (χ2n) is 5.21. The lowest BCUT2D eigenvalue weighted by Crippen LogP contribution is -1.85. The molecule has 0 aliphatic rings. The van der Waals surface area contributed by atoms with Gasteiger partial charge in [-0.2, -0.15) is 0 Å². The molecule has 1 rings (SSSR count). The van der Waals surface area contributed by atoms with Crippen LogP contribution in [-0.4, -0.2) is 17.5 Å². The Hall–Kier alpha value is -0.180. The largest absolute Gasteiger partial charge is 0.396 e. The van der Waals surface area contributed by atoms with Crippen molar-refractivity contribution in [3.05, 3.63) is 29.3 Å². The van der Waals surface area contributed by atoms with Gasteiger partial charge in [-0.05, 0) is 42.9 Å². The molecule has 1 nitrogen and oxygen atoms in total. The number of hydrogen-bond donors (Lipinski definition) is 1. The Balaban J connectivity index is 1.84. The van der Waals surface area contributed by atoms with E-state index in [1.807, 2.05) is 23.9 Å². The molecule has 0 amide bonds. The molecule has 0 spiro atoms. The van der Waals surface area contributed by atoms with E-state index in [9.17, 15) is 0 Å².